The topological polar surface area (TPSA) is 35.5 Å². The van der Waals surface area contributed by atoms with Gasteiger partial charge in [-0.3, -0.25) is 0 Å². The zero-order valence-electron chi connectivity index (χ0n) is 10.9. The fraction of sp³-hybridized carbons (Fsp3) is 1.00. The monoisotopic (exact) mass is 228 g/mol. The standard InChI is InChI=1S/C13H28N2O/c1-3-8-14-12(11-16)7-10-15-9-5-6-13(15)4-2/h12-14,16H,3-11H2,1-2H3. The molecule has 0 amide bonds. The highest BCUT2D eigenvalue weighted by atomic mass is 16.3. The number of nitrogens with one attached hydrogen (secondary N) is 1. The molecule has 0 radical (unpaired) electrons. The first-order valence-electron chi connectivity index (χ1n) is 6.90. The van der Waals surface area contributed by atoms with E-state index < -0.39 is 0 Å². The van der Waals surface area contributed by atoms with Crippen LogP contribution in [0.15, 0.2) is 0 Å². The summed E-state index contributed by atoms with van der Waals surface area (Å²) < 4.78 is 0. The van der Waals surface area contributed by atoms with E-state index in [4.69, 9.17) is 0 Å². The van der Waals surface area contributed by atoms with E-state index in [1.165, 1.54) is 25.8 Å². The van der Waals surface area contributed by atoms with E-state index in [2.05, 4.69) is 24.1 Å². The molecule has 0 bridgehead atoms. The number of nitrogens with zero attached hydrogens (tertiary/aromatic N) is 1. The van der Waals surface area contributed by atoms with Crippen LogP contribution in [0.3, 0.4) is 0 Å². The predicted molar refractivity (Wildman–Crippen MR) is 68.7 cm³/mol. The maximum absolute atomic E-state index is 9.27. The molecule has 1 heterocycles. The zero-order chi connectivity index (χ0) is 11.8. The Hall–Kier alpha value is -0.120. The molecule has 96 valence electrons. The van der Waals surface area contributed by atoms with Crippen molar-refractivity contribution in [1.29, 1.82) is 0 Å². The van der Waals surface area contributed by atoms with Gasteiger partial charge in [-0.2, -0.15) is 0 Å². The zero-order valence-corrected chi connectivity index (χ0v) is 10.9. The summed E-state index contributed by atoms with van der Waals surface area (Å²) in [4.78, 5) is 2.59. The van der Waals surface area contributed by atoms with Gasteiger partial charge in [0.1, 0.15) is 0 Å². The second-order valence-electron chi connectivity index (χ2n) is 4.86. The minimum atomic E-state index is 0.268. The van der Waals surface area contributed by atoms with Crippen molar-refractivity contribution in [1.82, 2.24) is 10.2 Å². The molecule has 3 heteroatoms. The third kappa shape index (κ3) is 4.40. The molecule has 1 aliphatic rings. The molecule has 0 aliphatic carbocycles. The first-order valence-corrected chi connectivity index (χ1v) is 6.90. The van der Waals surface area contributed by atoms with Crippen LogP contribution in [0.5, 0.6) is 0 Å². The highest BCUT2D eigenvalue weighted by Crippen LogP contribution is 2.19. The summed E-state index contributed by atoms with van der Waals surface area (Å²) >= 11 is 0. The van der Waals surface area contributed by atoms with Gasteiger partial charge in [0.2, 0.25) is 0 Å². The summed E-state index contributed by atoms with van der Waals surface area (Å²) in [7, 11) is 0. The molecule has 3 nitrogen and oxygen atoms in total. The Kier molecular flexibility index (Phi) is 7.01. The largest absolute Gasteiger partial charge is 0.395 e. The van der Waals surface area contributed by atoms with E-state index in [1.54, 1.807) is 0 Å². The first-order chi connectivity index (χ1) is 7.81. The normalized spacial score (nSPS) is 23.8. The van der Waals surface area contributed by atoms with E-state index in [0.29, 0.717) is 0 Å². The lowest BCUT2D eigenvalue weighted by Gasteiger charge is -2.25. The number of hydrogen-bond acceptors (Lipinski definition) is 3. The number of rotatable bonds is 8. The average molecular weight is 228 g/mol. The summed E-state index contributed by atoms with van der Waals surface area (Å²) in [6, 6.07) is 1.09. The van der Waals surface area contributed by atoms with Crippen LogP contribution < -0.4 is 5.32 Å². The van der Waals surface area contributed by atoms with Crippen LogP contribution >= 0.6 is 0 Å². The molecular formula is C13H28N2O. The van der Waals surface area contributed by atoms with E-state index >= 15 is 0 Å². The third-order valence-electron chi connectivity index (χ3n) is 3.64. The van der Waals surface area contributed by atoms with Crippen molar-refractivity contribution in [2.24, 2.45) is 0 Å². The highest BCUT2D eigenvalue weighted by Gasteiger charge is 2.22. The van der Waals surface area contributed by atoms with Crippen LogP contribution in [-0.4, -0.2) is 48.3 Å². The van der Waals surface area contributed by atoms with Crippen LogP contribution in [0.4, 0.5) is 0 Å². The predicted octanol–water partition coefficient (Wildman–Crippen LogP) is 1.61. The summed E-state index contributed by atoms with van der Waals surface area (Å²) in [5, 5.41) is 12.7. The van der Waals surface area contributed by atoms with Gasteiger partial charge < -0.3 is 15.3 Å². The lowest BCUT2D eigenvalue weighted by atomic mass is 10.1. The van der Waals surface area contributed by atoms with Crippen molar-refractivity contribution in [2.75, 3.05) is 26.2 Å². The van der Waals surface area contributed by atoms with Crippen LogP contribution in [0.25, 0.3) is 0 Å². The Bertz CT molecular complexity index is 175. The Morgan fingerprint density at radius 3 is 2.88 bits per heavy atom. The van der Waals surface area contributed by atoms with Crippen molar-refractivity contribution in [3.05, 3.63) is 0 Å². The molecular weight excluding hydrogens is 200 g/mol. The Labute approximate surface area is 100 Å². The van der Waals surface area contributed by atoms with E-state index in [-0.39, 0.29) is 12.6 Å². The molecule has 0 aromatic rings. The van der Waals surface area contributed by atoms with Crippen LogP contribution in [-0.2, 0) is 0 Å². The van der Waals surface area contributed by atoms with E-state index in [9.17, 15) is 5.11 Å². The Balaban J connectivity index is 2.20. The van der Waals surface area contributed by atoms with Gasteiger partial charge in [0, 0.05) is 12.1 Å². The van der Waals surface area contributed by atoms with Gasteiger partial charge in [-0.1, -0.05) is 13.8 Å². The second kappa shape index (κ2) is 8.04. The summed E-state index contributed by atoms with van der Waals surface area (Å²) in [6.07, 6.45) is 6.20. The van der Waals surface area contributed by atoms with Gasteiger partial charge >= 0.3 is 0 Å². The molecule has 0 spiro atoms. The molecule has 0 saturated carbocycles. The lowest BCUT2D eigenvalue weighted by molar-refractivity contribution is 0.196. The molecule has 0 aromatic carbocycles. The summed E-state index contributed by atoms with van der Waals surface area (Å²) in [6.45, 7) is 8.12. The number of aliphatic hydroxyl groups excluding tert-OH is 1. The molecule has 2 atom stereocenters. The van der Waals surface area contributed by atoms with Gasteiger partial charge in [0.25, 0.3) is 0 Å². The fourth-order valence-electron chi connectivity index (χ4n) is 2.58. The van der Waals surface area contributed by atoms with Crippen molar-refractivity contribution in [3.63, 3.8) is 0 Å². The number of likely N-dealkylation sites (tertiary alicyclic amines) is 1. The maximum Gasteiger partial charge on any atom is 0.0585 e. The molecule has 16 heavy (non-hydrogen) atoms. The van der Waals surface area contributed by atoms with Gasteiger partial charge in [0.05, 0.1) is 6.61 Å². The molecule has 1 rings (SSSR count). The van der Waals surface area contributed by atoms with Crippen molar-refractivity contribution >= 4 is 0 Å². The van der Waals surface area contributed by atoms with E-state index in [0.717, 1.165) is 32.0 Å². The van der Waals surface area contributed by atoms with Gasteiger partial charge in [0.15, 0.2) is 0 Å². The molecule has 1 aliphatic heterocycles. The molecule has 1 fully saturated rings. The molecule has 1 saturated heterocycles. The summed E-state index contributed by atoms with van der Waals surface area (Å²) in [5.74, 6) is 0. The third-order valence-corrected chi connectivity index (χ3v) is 3.64. The molecule has 0 aromatic heterocycles. The quantitative estimate of drug-likeness (QED) is 0.662. The minimum absolute atomic E-state index is 0.268. The second-order valence-corrected chi connectivity index (χ2v) is 4.86. The van der Waals surface area contributed by atoms with Crippen molar-refractivity contribution in [2.45, 2.75) is 58.0 Å². The smallest absolute Gasteiger partial charge is 0.0585 e. The SMILES string of the molecule is CCCNC(CO)CCN1CCCC1CC. The summed E-state index contributed by atoms with van der Waals surface area (Å²) in [5.41, 5.74) is 0. The first kappa shape index (κ1) is 13.9. The Morgan fingerprint density at radius 2 is 2.25 bits per heavy atom. The van der Waals surface area contributed by atoms with Crippen molar-refractivity contribution in [3.8, 4) is 0 Å². The number of hydrogen-bond donors (Lipinski definition) is 2. The van der Waals surface area contributed by atoms with Gasteiger partial charge in [-0.25, -0.2) is 0 Å². The van der Waals surface area contributed by atoms with Crippen LogP contribution in [0.1, 0.15) is 46.0 Å². The maximum atomic E-state index is 9.27. The van der Waals surface area contributed by atoms with Crippen LogP contribution in [0, 0.1) is 0 Å². The van der Waals surface area contributed by atoms with Crippen LogP contribution in [0.2, 0.25) is 0 Å². The Morgan fingerprint density at radius 1 is 1.44 bits per heavy atom. The average Bonchev–Trinajstić information content (AvgIpc) is 2.77. The minimum Gasteiger partial charge on any atom is -0.395 e. The number of aliphatic hydroxyl groups is 1. The lowest BCUT2D eigenvalue weighted by Crippen LogP contribution is -2.38. The highest BCUT2D eigenvalue weighted by molar-refractivity contribution is 4.79. The van der Waals surface area contributed by atoms with Gasteiger partial charge in [-0.05, 0) is 51.7 Å². The van der Waals surface area contributed by atoms with E-state index in [1.807, 2.05) is 0 Å². The fourth-order valence-corrected chi connectivity index (χ4v) is 2.58. The van der Waals surface area contributed by atoms with Gasteiger partial charge in [-0.15, -0.1) is 0 Å². The molecule has 2 unspecified atom stereocenters. The molecule has 2 N–H and O–H groups in total. The van der Waals surface area contributed by atoms with Crippen molar-refractivity contribution < 1.29 is 5.11 Å².